The van der Waals surface area contributed by atoms with Gasteiger partial charge in [-0.2, -0.15) is 8.42 Å². The Morgan fingerprint density at radius 2 is 1.88 bits per heavy atom. The predicted octanol–water partition coefficient (Wildman–Crippen LogP) is 2.75. The second kappa shape index (κ2) is 4.78. The minimum absolute atomic E-state index is 0.242. The highest BCUT2D eigenvalue weighted by atomic mass is 32.2. The lowest BCUT2D eigenvalue weighted by atomic mass is 10.1. The highest BCUT2D eigenvalue weighted by molar-refractivity contribution is 7.86. The van der Waals surface area contributed by atoms with E-state index in [1.54, 1.807) is 24.3 Å². The Balaban J connectivity index is 2.00. The molecule has 0 saturated heterocycles. The molecule has 3 nitrogen and oxygen atoms in total. The summed E-state index contributed by atoms with van der Waals surface area (Å²) in [5.41, 5.74) is 1.04. The highest BCUT2D eigenvalue weighted by Crippen LogP contribution is 2.36. The van der Waals surface area contributed by atoms with E-state index in [2.05, 4.69) is 0 Å². The molecule has 2 rings (SSSR count). The summed E-state index contributed by atoms with van der Waals surface area (Å²) in [4.78, 5) is 0.242. The second-order valence-electron chi connectivity index (χ2n) is 4.87. The van der Waals surface area contributed by atoms with Gasteiger partial charge in [-0.3, -0.25) is 4.18 Å². The molecule has 0 aromatic heterocycles. The SMILES string of the molecule is Cc1ccc(S(=O)(=O)OCC(C)C2CC2)cc1. The minimum Gasteiger partial charge on any atom is -0.266 e. The fourth-order valence-corrected chi connectivity index (χ4v) is 2.77. The van der Waals surface area contributed by atoms with Gasteiger partial charge in [0.15, 0.2) is 0 Å². The first kappa shape index (κ1) is 12.6. The molecule has 1 aliphatic rings. The average Bonchev–Trinajstić information content (AvgIpc) is 3.10. The van der Waals surface area contributed by atoms with E-state index >= 15 is 0 Å². The van der Waals surface area contributed by atoms with Crippen LogP contribution in [0.2, 0.25) is 0 Å². The van der Waals surface area contributed by atoms with Gasteiger partial charge in [0.1, 0.15) is 0 Å². The number of aryl methyl sites for hydroxylation is 1. The monoisotopic (exact) mass is 254 g/mol. The van der Waals surface area contributed by atoms with Crippen molar-refractivity contribution in [1.82, 2.24) is 0 Å². The van der Waals surface area contributed by atoms with E-state index in [0.717, 1.165) is 5.56 Å². The van der Waals surface area contributed by atoms with E-state index in [9.17, 15) is 8.42 Å². The molecule has 0 spiro atoms. The summed E-state index contributed by atoms with van der Waals surface area (Å²) in [7, 11) is -3.58. The molecule has 1 atom stereocenters. The van der Waals surface area contributed by atoms with Gasteiger partial charge in [-0.05, 0) is 43.7 Å². The van der Waals surface area contributed by atoms with Crippen LogP contribution >= 0.6 is 0 Å². The van der Waals surface area contributed by atoms with E-state index < -0.39 is 10.1 Å². The molecule has 1 unspecified atom stereocenters. The van der Waals surface area contributed by atoms with Crippen molar-refractivity contribution < 1.29 is 12.6 Å². The molecule has 1 aromatic rings. The predicted molar refractivity (Wildman–Crippen MR) is 66.2 cm³/mol. The van der Waals surface area contributed by atoms with Gasteiger partial charge in [0.25, 0.3) is 10.1 Å². The van der Waals surface area contributed by atoms with Gasteiger partial charge < -0.3 is 0 Å². The minimum atomic E-state index is -3.58. The summed E-state index contributed by atoms with van der Waals surface area (Å²) in [5.74, 6) is 0.985. The van der Waals surface area contributed by atoms with Crippen LogP contribution in [0.4, 0.5) is 0 Å². The molecular weight excluding hydrogens is 236 g/mol. The molecule has 0 bridgehead atoms. The van der Waals surface area contributed by atoms with Crippen molar-refractivity contribution in [3.63, 3.8) is 0 Å². The Bertz CT molecular complexity index is 472. The lowest BCUT2D eigenvalue weighted by molar-refractivity contribution is 0.249. The summed E-state index contributed by atoms with van der Waals surface area (Å²) >= 11 is 0. The van der Waals surface area contributed by atoms with Gasteiger partial charge in [0.05, 0.1) is 11.5 Å². The van der Waals surface area contributed by atoms with Gasteiger partial charge in [-0.25, -0.2) is 0 Å². The standard InChI is InChI=1S/C13H18O3S/c1-10-3-7-13(8-4-10)17(14,15)16-9-11(2)12-5-6-12/h3-4,7-8,11-12H,5-6,9H2,1-2H3. The average molecular weight is 254 g/mol. The Kier molecular flexibility index (Phi) is 3.54. The number of rotatable bonds is 5. The molecule has 1 fully saturated rings. The van der Waals surface area contributed by atoms with Crippen LogP contribution in [-0.4, -0.2) is 15.0 Å². The van der Waals surface area contributed by atoms with Crippen LogP contribution in [0.5, 0.6) is 0 Å². The zero-order valence-corrected chi connectivity index (χ0v) is 11.0. The van der Waals surface area contributed by atoms with Gasteiger partial charge in [-0.15, -0.1) is 0 Å². The van der Waals surface area contributed by atoms with Crippen LogP contribution in [0.25, 0.3) is 0 Å². The third-order valence-corrected chi connectivity index (χ3v) is 4.52. The summed E-state index contributed by atoms with van der Waals surface area (Å²) in [6.45, 7) is 4.26. The van der Waals surface area contributed by atoms with Crippen LogP contribution in [0.1, 0.15) is 25.3 Å². The van der Waals surface area contributed by atoms with Crippen LogP contribution in [0.15, 0.2) is 29.2 Å². The molecule has 1 aliphatic carbocycles. The zero-order chi connectivity index (χ0) is 12.5. The molecular formula is C13H18O3S. The third kappa shape index (κ3) is 3.30. The lowest BCUT2D eigenvalue weighted by Crippen LogP contribution is -2.14. The van der Waals surface area contributed by atoms with Crippen molar-refractivity contribution in [3.8, 4) is 0 Å². The highest BCUT2D eigenvalue weighted by Gasteiger charge is 2.29. The largest absolute Gasteiger partial charge is 0.296 e. The summed E-state index contributed by atoms with van der Waals surface area (Å²) in [6.07, 6.45) is 2.41. The molecule has 17 heavy (non-hydrogen) atoms. The van der Waals surface area contributed by atoms with Crippen LogP contribution < -0.4 is 0 Å². The van der Waals surface area contributed by atoms with E-state index in [0.29, 0.717) is 18.4 Å². The normalized spacial score (nSPS) is 18.0. The van der Waals surface area contributed by atoms with Gasteiger partial charge in [0, 0.05) is 0 Å². The van der Waals surface area contributed by atoms with E-state index in [4.69, 9.17) is 4.18 Å². The van der Waals surface area contributed by atoms with Crippen molar-refractivity contribution in [1.29, 1.82) is 0 Å². The third-order valence-electron chi connectivity index (χ3n) is 3.22. The molecule has 0 amide bonds. The zero-order valence-electron chi connectivity index (χ0n) is 10.2. The molecule has 1 saturated carbocycles. The summed E-state index contributed by atoms with van der Waals surface area (Å²) < 4.78 is 28.8. The molecule has 0 radical (unpaired) electrons. The fourth-order valence-electron chi connectivity index (χ4n) is 1.77. The first-order valence-electron chi connectivity index (χ1n) is 5.95. The maximum atomic E-state index is 11.9. The topological polar surface area (TPSA) is 43.4 Å². The van der Waals surface area contributed by atoms with E-state index in [1.807, 2.05) is 13.8 Å². The van der Waals surface area contributed by atoms with Gasteiger partial charge in [-0.1, -0.05) is 24.6 Å². The van der Waals surface area contributed by atoms with Crippen LogP contribution in [0.3, 0.4) is 0 Å². The number of benzene rings is 1. The molecule has 1 aromatic carbocycles. The van der Waals surface area contributed by atoms with Gasteiger partial charge in [0.2, 0.25) is 0 Å². The van der Waals surface area contributed by atoms with Crippen LogP contribution in [-0.2, 0) is 14.3 Å². The Morgan fingerprint density at radius 3 is 2.41 bits per heavy atom. The maximum Gasteiger partial charge on any atom is 0.296 e. The lowest BCUT2D eigenvalue weighted by Gasteiger charge is -2.10. The van der Waals surface area contributed by atoms with Crippen molar-refractivity contribution in [2.24, 2.45) is 11.8 Å². The van der Waals surface area contributed by atoms with Crippen molar-refractivity contribution in [2.45, 2.75) is 31.6 Å². The Morgan fingerprint density at radius 1 is 1.29 bits per heavy atom. The van der Waals surface area contributed by atoms with E-state index in [1.165, 1.54) is 12.8 Å². The van der Waals surface area contributed by atoms with Crippen molar-refractivity contribution in [3.05, 3.63) is 29.8 Å². The Labute approximate surface area is 103 Å². The van der Waals surface area contributed by atoms with Crippen molar-refractivity contribution in [2.75, 3.05) is 6.61 Å². The summed E-state index contributed by atoms with van der Waals surface area (Å²) in [6, 6.07) is 6.74. The van der Waals surface area contributed by atoms with Gasteiger partial charge >= 0.3 is 0 Å². The maximum absolute atomic E-state index is 11.9. The molecule has 4 heteroatoms. The first-order chi connectivity index (χ1) is 7.99. The molecule has 0 N–H and O–H groups in total. The molecule has 0 heterocycles. The first-order valence-corrected chi connectivity index (χ1v) is 7.36. The fraction of sp³-hybridized carbons (Fsp3) is 0.538. The van der Waals surface area contributed by atoms with Crippen molar-refractivity contribution >= 4 is 10.1 Å². The smallest absolute Gasteiger partial charge is 0.266 e. The Hall–Kier alpha value is -0.870. The van der Waals surface area contributed by atoms with Crippen LogP contribution in [0, 0.1) is 18.8 Å². The number of hydrogen-bond donors (Lipinski definition) is 0. The van der Waals surface area contributed by atoms with E-state index in [-0.39, 0.29) is 4.90 Å². The molecule has 0 aliphatic heterocycles. The summed E-state index contributed by atoms with van der Waals surface area (Å²) in [5, 5.41) is 0. The number of hydrogen-bond acceptors (Lipinski definition) is 3. The quantitative estimate of drug-likeness (QED) is 0.759. The molecule has 94 valence electrons. The second-order valence-corrected chi connectivity index (χ2v) is 6.48.